The molecule has 2 atom stereocenters. The summed E-state index contributed by atoms with van der Waals surface area (Å²) >= 11 is 0. The molecule has 0 spiro atoms. The van der Waals surface area contributed by atoms with Gasteiger partial charge in [-0.1, -0.05) is 48.5 Å². The molecule has 2 aromatic carbocycles. The Morgan fingerprint density at radius 1 is 1.10 bits per heavy atom. The molecule has 0 saturated carbocycles. The number of anilines is 1. The summed E-state index contributed by atoms with van der Waals surface area (Å²) in [7, 11) is 0. The monoisotopic (exact) mass is 267 g/mol. The third-order valence-corrected chi connectivity index (χ3v) is 4.17. The SMILES string of the molecule is C[C@H](O)[C@@H]1Cc2ccccc2N(Cc2ccccc2)C1. The van der Waals surface area contributed by atoms with E-state index in [9.17, 15) is 5.11 Å². The van der Waals surface area contributed by atoms with Gasteiger partial charge in [0.15, 0.2) is 0 Å². The second-order valence-corrected chi connectivity index (χ2v) is 5.70. The molecule has 0 aliphatic carbocycles. The van der Waals surface area contributed by atoms with Crippen molar-refractivity contribution in [3.63, 3.8) is 0 Å². The van der Waals surface area contributed by atoms with Gasteiger partial charge in [-0.05, 0) is 30.5 Å². The number of nitrogens with zero attached hydrogens (tertiary/aromatic N) is 1. The van der Waals surface area contributed by atoms with E-state index in [0.717, 1.165) is 19.5 Å². The zero-order chi connectivity index (χ0) is 13.9. The molecule has 0 radical (unpaired) electrons. The lowest BCUT2D eigenvalue weighted by Crippen LogP contribution is -2.39. The standard InChI is InChI=1S/C18H21NO/c1-14(20)17-11-16-9-5-6-10-18(16)19(13-17)12-15-7-3-2-4-8-15/h2-10,14,17,20H,11-13H2,1H3/t14-,17+/m0/s1. The van der Waals surface area contributed by atoms with E-state index in [1.807, 2.05) is 13.0 Å². The van der Waals surface area contributed by atoms with Gasteiger partial charge in [-0.2, -0.15) is 0 Å². The molecule has 1 aliphatic heterocycles. The van der Waals surface area contributed by atoms with E-state index in [4.69, 9.17) is 0 Å². The molecule has 0 aromatic heterocycles. The second kappa shape index (κ2) is 5.68. The first kappa shape index (κ1) is 13.2. The van der Waals surface area contributed by atoms with Crippen LogP contribution in [0.25, 0.3) is 0 Å². The summed E-state index contributed by atoms with van der Waals surface area (Å²) in [5, 5.41) is 9.96. The Morgan fingerprint density at radius 2 is 1.80 bits per heavy atom. The van der Waals surface area contributed by atoms with Crippen molar-refractivity contribution in [2.45, 2.75) is 26.0 Å². The molecule has 104 valence electrons. The molecular formula is C18H21NO. The van der Waals surface area contributed by atoms with Crippen LogP contribution in [0, 0.1) is 5.92 Å². The summed E-state index contributed by atoms with van der Waals surface area (Å²) in [5.41, 5.74) is 3.97. The van der Waals surface area contributed by atoms with Crippen molar-refractivity contribution in [1.29, 1.82) is 0 Å². The van der Waals surface area contributed by atoms with Crippen molar-refractivity contribution in [3.05, 3.63) is 65.7 Å². The number of para-hydroxylation sites is 1. The predicted molar refractivity (Wildman–Crippen MR) is 82.8 cm³/mol. The Hall–Kier alpha value is -1.80. The molecule has 20 heavy (non-hydrogen) atoms. The van der Waals surface area contributed by atoms with Crippen molar-refractivity contribution >= 4 is 5.69 Å². The Kier molecular flexibility index (Phi) is 3.75. The van der Waals surface area contributed by atoms with E-state index in [0.29, 0.717) is 5.92 Å². The van der Waals surface area contributed by atoms with Crippen LogP contribution in [0.2, 0.25) is 0 Å². The lowest BCUT2D eigenvalue weighted by atomic mass is 9.89. The number of aliphatic hydroxyl groups excluding tert-OH is 1. The molecule has 0 saturated heterocycles. The quantitative estimate of drug-likeness (QED) is 0.922. The number of hydrogen-bond donors (Lipinski definition) is 1. The van der Waals surface area contributed by atoms with Crippen molar-refractivity contribution in [3.8, 4) is 0 Å². The van der Waals surface area contributed by atoms with Gasteiger partial charge in [-0.3, -0.25) is 0 Å². The Balaban J connectivity index is 1.89. The maximum Gasteiger partial charge on any atom is 0.0560 e. The fourth-order valence-electron chi connectivity index (χ4n) is 3.00. The van der Waals surface area contributed by atoms with E-state index in [2.05, 4.69) is 53.4 Å². The van der Waals surface area contributed by atoms with Gasteiger partial charge >= 0.3 is 0 Å². The number of aliphatic hydroxyl groups is 1. The van der Waals surface area contributed by atoms with Crippen molar-refractivity contribution in [1.82, 2.24) is 0 Å². The van der Waals surface area contributed by atoms with E-state index in [-0.39, 0.29) is 6.10 Å². The third kappa shape index (κ3) is 2.70. The zero-order valence-electron chi connectivity index (χ0n) is 11.9. The van der Waals surface area contributed by atoms with Gasteiger partial charge in [0.1, 0.15) is 0 Å². The summed E-state index contributed by atoms with van der Waals surface area (Å²) in [6.07, 6.45) is 0.709. The third-order valence-electron chi connectivity index (χ3n) is 4.17. The first-order chi connectivity index (χ1) is 9.74. The molecule has 2 heteroatoms. The molecule has 2 nitrogen and oxygen atoms in total. The molecule has 0 amide bonds. The molecule has 1 N–H and O–H groups in total. The van der Waals surface area contributed by atoms with Crippen LogP contribution < -0.4 is 4.90 Å². The molecule has 1 aliphatic rings. The summed E-state index contributed by atoms with van der Waals surface area (Å²) in [4.78, 5) is 2.39. The molecular weight excluding hydrogens is 246 g/mol. The van der Waals surface area contributed by atoms with Gasteiger partial charge in [0.05, 0.1) is 6.10 Å². The van der Waals surface area contributed by atoms with E-state index < -0.39 is 0 Å². The Morgan fingerprint density at radius 3 is 2.55 bits per heavy atom. The van der Waals surface area contributed by atoms with Crippen LogP contribution in [0.4, 0.5) is 5.69 Å². The zero-order valence-corrected chi connectivity index (χ0v) is 11.9. The van der Waals surface area contributed by atoms with Crippen LogP contribution in [0.15, 0.2) is 54.6 Å². The van der Waals surface area contributed by atoms with Gasteiger partial charge in [-0.25, -0.2) is 0 Å². The van der Waals surface area contributed by atoms with E-state index in [1.54, 1.807) is 0 Å². The maximum atomic E-state index is 9.96. The average Bonchev–Trinajstić information content (AvgIpc) is 2.48. The van der Waals surface area contributed by atoms with Crippen LogP contribution in [0.3, 0.4) is 0 Å². The Bertz CT molecular complexity index is 565. The van der Waals surface area contributed by atoms with Crippen LogP contribution in [0.5, 0.6) is 0 Å². The average molecular weight is 267 g/mol. The molecule has 3 rings (SSSR count). The van der Waals surface area contributed by atoms with Gasteiger partial charge < -0.3 is 10.0 Å². The van der Waals surface area contributed by atoms with Gasteiger partial charge in [0, 0.05) is 24.7 Å². The Labute approximate surface area is 120 Å². The fraction of sp³-hybridized carbons (Fsp3) is 0.333. The predicted octanol–water partition coefficient (Wildman–Crippen LogP) is 3.25. The molecule has 0 fully saturated rings. The fourth-order valence-corrected chi connectivity index (χ4v) is 3.00. The van der Waals surface area contributed by atoms with Crippen molar-refractivity contribution in [2.75, 3.05) is 11.4 Å². The highest BCUT2D eigenvalue weighted by Gasteiger charge is 2.26. The van der Waals surface area contributed by atoms with Crippen LogP contribution >= 0.6 is 0 Å². The summed E-state index contributed by atoms with van der Waals surface area (Å²) in [5.74, 6) is 0.314. The van der Waals surface area contributed by atoms with Crippen molar-refractivity contribution in [2.24, 2.45) is 5.92 Å². The van der Waals surface area contributed by atoms with E-state index in [1.165, 1.54) is 16.8 Å². The smallest absolute Gasteiger partial charge is 0.0560 e. The lowest BCUT2D eigenvalue weighted by Gasteiger charge is -2.37. The normalized spacial score (nSPS) is 19.5. The topological polar surface area (TPSA) is 23.5 Å². The minimum atomic E-state index is -0.262. The van der Waals surface area contributed by atoms with Crippen LogP contribution in [-0.4, -0.2) is 17.8 Å². The number of rotatable bonds is 3. The molecule has 2 aromatic rings. The van der Waals surface area contributed by atoms with Crippen LogP contribution in [-0.2, 0) is 13.0 Å². The minimum Gasteiger partial charge on any atom is -0.393 e. The molecule has 0 bridgehead atoms. The molecule has 0 unspecified atom stereocenters. The summed E-state index contributed by atoms with van der Waals surface area (Å²) in [6, 6.07) is 19.1. The minimum absolute atomic E-state index is 0.262. The summed E-state index contributed by atoms with van der Waals surface area (Å²) < 4.78 is 0. The molecule has 1 heterocycles. The van der Waals surface area contributed by atoms with Gasteiger partial charge in [0.25, 0.3) is 0 Å². The summed E-state index contributed by atoms with van der Waals surface area (Å²) in [6.45, 7) is 3.73. The second-order valence-electron chi connectivity index (χ2n) is 5.70. The number of benzene rings is 2. The van der Waals surface area contributed by atoms with Crippen molar-refractivity contribution < 1.29 is 5.11 Å². The van der Waals surface area contributed by atoms with Gasteiger partial charge in [0.2, 0.25) is 0 Å². The highest BCUT2D eigenvalue weighted by atomic mass is 16.3. The maximum absolute atomic E-state index is 9.96. The van der Waals surface area contributed by atoms with E-state index >= 15 is 0 Å². The number of fused-ring (bicyclic) bond motifs is 1. The first-order valence-corrected chi connectivity index (χ1v) is 7.29. The highest BCUT2D eigenvalue weighted by Crippen LogP contribution is 2.31. The highest BCUT2D eigenvalue weighted by molar-refractivity contribution is 5.56. The largest absolute Gasteiger partial charge is 0.393 e. The van der Waals surface area contributed by atoms with Gasteiger partial charge in [-0.15, -0.1) is 0 Å². The van der Waals surface area contributed by atoms with Crippen LogP contribution in [0.1, 0.15) is 18.1 Å². The lowest BCUT2D eigenvalue weighted by molar-refractivity contribution is 0.125. The number of hydrogen-bond acceptors (Lipinski definition) is 2. The first-order valence-electron chi connectivity index (χ1n) is 7.29.